The van der Waals surface area contributed by atoms with Crippen LogP contribution in [0.5, 0.6) is 11.5 Å². The smallest absolute Gasteiger partial charge is 0.418 e. The third-order valence-corrected chi connectivity index (χ3v) is 3.86. The van der Waals surface area contributed by atoms with Crippen molar-refractivity contribution >= 4 is 10.9 Å². The van der Waals surface area contributed by atoms with E-state index in [1.807, 2.05) is 0 Å². The average Bonchev–Trinajstić information content (AvgIpc) is 2.90. The Kier molecular flexibility index (Phi) is 4.16. The highest BCUT2D eigenvalue weighted by Gasteiger charge is 2.34. The highest BCUT2D eigenvalue weighted by molar-refractivity contribution is 5.96. The molecular weight excluding hydrogens is 333 g/mol. The van der Waals surface area contributed by atoms with E-state index in [0.717, 1.165) is 12.1 Å². The number of alkyl halides is 3. The number of fused-ring (bicyclic) bond motifs is 1. The maximum Gasteiger partial charge on any atom is 0.418 e. The molecule has 0 aliphatic carbocycles. The molecule has 1 heterocycles. The van der Waals surface area contributed by atoms with Gasteiger partial charge in [0.2, 0.25) is 0 Å². The van der Waals surface area contributed by atoms with Gasteiger partial charge in [0.1, 0.15) is 17.0 Å². The minimum atomic E-state index is -4.54. The fourth-order valence-electron chi connectivity index (χ4n) is 2.76. The van der Waals surface area contributed by atoms with E-state index in [2.05, 4.69) is 11.7 Å². The molecule has 1 aromatic heterocycles. The zero-order valence-corrected chi connectivity index (χ0v) is 13.1. The third kappa shape index (κ3) is 3.05. The van der Waals surface area contributed by atoms with E-state index >= 15 is 0 Å². The van der Waals surface area contributed by atoms with Crippen LogP contribution in [0.25, 0.3) is 22.2 Å². The molecule has 0 amide bonds. The number of allylic oxidation sites excluding steroid dienone is 1. The molecule has 0 unspecified atom stereocenters. The zero-order valence-electron chi connectivity index (χ0n) is 13.1. The Morgan fingerprint density at radius 3 is 2.56 bits per heavy atom. The number of aromatic hydroxyl groups is 2. The first-order valence-corrected chi connectivity index (χ1v) is 7.53. The summed E-state index contributed by atoms with van der Waals surface area (Å²) in [6.45, 7) is 3.93. The Bertz CT molecular complexity index is 945. The molecule has 2 N–H and O–H groups in total. The van der Waals surface area contributed by atoms with Crippen molar-refractivity contribution in [3.8, 4) is 22.8 Å². The third-order valence-electron chi connectivity index (χ3n) is 3.86. The molecule has 130 valence electrons. The van der Waals surface area contributed by atoms with E-state index in [0.29, 0.717) is 24.2 Å². The van der Waals surface area contributed by atoms with E-state index < -0.39 is 11.7 Å². The van der Waals surface area contributed by atoms with E-state index in [9.17, 15) is 23.4 Å². The van der Waals surface area contributed by atoms with Crippen molar-refractivity contribution in [1.82, 2.24) is 9.78 Å². The van der Waals surface area contributed by atoms with Crippen LogP contribution in [0.3, 0.4) is 0 Å². The average molecular weight is 348 g/mol. The molecule has 0 aliphatic rings. The number of nitrogens with zero attached hydrogens (tertiary/aromatic N) is 2. The predicted molar refractivity (Wildman–Crippen MR) is 88.3 cm³/mol. The Morgan fingerprint density at radius 1 is 1.16 bits per heavy atom. The fourth-order valence-corrected chi connectivity index (χ4v) is 2.76. The maximum atomic E-state index is 13.3. The van der Waals surface area contributed by atoms with Crippen LogP contribution in [-0.2, 0) is 12.7 Å². The summed E-state index contributed by atoms with van der Waals surface area (Å²) in [7, 11) is 0. The quantitative estimate of drug-likeness (QED) is 0.672. The largest absolute Gasteiger partial charge is 0.508 e. The fraction of sp³-hybridized carbons (Fsp3) is 0.167. The predicted octanol–water partition coefficient (Wildman–Crippen LogP) is 4.71. The number of phenols is 2. The molecule has 0 aliphatic heterocycles. The van der Waals surface area contributed by atoms with E-state index in [1.54, 1.807) is 6.08 Å². The van der Waals surface area contributed by atoms with Crippen LogP contribution in [-0.4, -0.2) is 20.0 Å². The van der Waals surface area contributed by atoms with Gasteiger partial charge in [-0.2, -0.15) is 18.3 Å². The van der Waals surface area contributed by atoms with Crippen LogP contribution in [0.4, 0.5) is 13.2 Å². The lowest BCUT2D eigenvalue weighted by molar-refractivity contribution is -0.136. The summed E-state index contributed by atoms with van der Waals surface area (Å²) < 4.78 is 41.3. The van der Waals surface area contributed by atoms with Gasteiger partial charge in [-0.15, -0.1) is 6.58 Å². The molecule has 25 heavy (non-hydrogen) atoms. The van der Waals surface area contributed by atoms with Crippen LogP contribution < -0.4 is 0 Å². The SMILES string of the molecule is C=CCCn1nc2c(C(F)(F)F)cccc2c1-c1ccc(O)cc1O. The van der Waals surface area contributed by atoms with Crippen molar-refractivity contribution in [3.63, 3.8) is 0 Å². The summed E-state index contributed by atoms with van der Waals surface area (Å²) in [5, 5.41) is 24.0. The second-order valence-electron chi connectivity index (χ2n) is 5.55. The van der Waals surface area contributed by atoms with Crippen LogP contribution in [0.2, 0.25) is 0 Å². The molecule has 0 bridgehead atoms. The molecule has 3 rings (SSSR count). The van der Waals surface area contributed by atoms with Gasteiger partial charge in [-0.25, -0.2) is 0 Å². The Labute approximate surface area is 141 Å². The van der Waals surface area contributed by atoms with Crippen LogP contribution in [0, 0.1) is 0 Å². The second-order valence-corrected chi connectivity index (χ2v) is 5.55. The van der Waals surface area contributed by atoms with Crippen LogP contribution in [0.15, 0.2) is 49.1 Å². The summed E-state index contributed by atoms with van der Waals surface area (Å²) in [5.74, 6) is -0.377. The summed E-state index contributed by atoms with van der Waals surface area (Å²) in [6.07, 6.45) is -2.40. The molecular formula is C18H15F3N2O2. The Morgan fingerprint density at radius 2 is 1.92 bits per heavy atom. The number of hydrogen-bond acceptors (Lipinski definition) is 3. The Hall–Kier alpha value is -2.96. The molecule has 0 spiro atoms. The van der Waals surface area contributed by atoms with Crippen molar-refractivity contribution in [3.05, 3.63) is 54.6 Å². The molecule has 4 nitrogen and oxygen atoms in total. The molecule has 2 aromatic carbocycles. The lowest BCUT2D eigenvalue weighted by Gasteiger charge is -2.09. The number of benzene rings is 2. The summed E-state index contributed by atoms with van der Waals surface area (Å²) in [5.41, 5.74) is -0.354. The first-order chi connectivity index (χ1) is 11.8. The van der Waals surface area contributed by atoms with Crippen LogP contribution >= 0.6 is 0 Å². The van der Waals surface area contributed by atoms with Gasteiger partial charge in [-0.05, 0) is 24.6 Å². The topological polar surface area (TPSA) is 58.3 Å². The first kappa shape index (κ1) is 16.9. The molecule has 0 saturated carbocycles. The number of hydrogen-bond donors (Lipinski definition) is 2. The molecule has 0 fully saturated rings. The monoisotopic (exact) mass is 348 g/mol. The van der Waals surface area contributed by atoms with Gasteiger partial charge < -0.3 is 10.2 Å². The number of aryl methyl sites for hydroxylation is 1. The van der Waals surface area contributed by atoms with Gasteiger partial charge in [0, 0.05) is 23.6 Å². The van der Waals surface area contributed by atoms with E-state index in [1.165, 1.54) is 28.9 Å². The lowest BCUT2D eigenvalue weighted by atomic mass is 10.0. The highest BCUT2D eigenvalue weighted by atomic mass is 19.4. The molecule has 0 radical (unpaired) electrons. The highest BCUT2D eigenvalue weighted by Crippen LogP contribution is 2.40. The van der Waals surface area contributed by atoms with Gasteiger partial charge in [0.15, 0.2) is 0 Å². The van der Waals surface area contributed by atoms with Crippen LogP contribution in [0.1, 0.15) is 12.0 Å². The van der Waals surface area contributed by atoms with Gasteiger partial charge in [0.25, 0.3) is 0 Å². The van der Waals surface area contributed by atoms with Gasteiger partial charge in [-0.3, -0.25) is 4.68 Å². The minimum Gasteiger partial charge on any atom is -0.508 e. The minimum absolute atomic E-state index is 0.140. The number of aromatic nitrogens is 2. The normalized spacial score (nSPS) is 11.8. The van der Waals surface area contributed by atoms with Crippen molar-refractivity contribution < 1.29 is 23.4 Å². The van der Waals surface area contributed by atoms with E-state index in [-0.39, 0.29) is 22.4 Å². The van der Waals surface area contributed by atoms with Gasteiger partial charge in [0.05, 0.1) is 11.3 Å². The maximum absolute atomic E-state index is 13.3. The molecule has 3 aromatic rings. The lowest BCUT2D eigenvalue weighted by Crippen LogP contribution is -2.06. The Balaban J connectivity index is 2.33. The zero-order chi connectivity index (χ0) is 18.2. The first-order valence-electron chi connectivity index (χ1n) is 7.53. The molecule has 0 saturated heterocycles. The number of phenolic OH excluding ortho intramolecular Hbond substituents is 2. The molecule has 7 heteroatoms. The molecule has 0 atom stereocenters. The summed E-state index contributed by atoms with van der Waals surface area (Å²) in [4.78, 5) is 0. The standard InChI is InChI=1S/C18H15F3N2O2/c1-2-3-9-23-17(12-8-7-11(24)10-15(12)25)13-5-4-6-14(16(13)22-23)18(19,20)21/h2,4-8,10,24-25H,1,3,9H2. The van der Waals surface area contributed by atoms with E-state index in [4.69, 9.17) is 0 Å². The number of rotatable bonds is 4. The van der Waals surface area contributed by atoms with Crippen molar-refractivity contribution in [2.75, 3.05) is 0 Å². The second kappa shape index (κ2) is 6.16. The van der Waals surface area contributed by atoms with Crippen molar-refractivity contribution in [2.24, 2.45) is 0 Å². The summed E-state index contributed by atoms with van der Waals surface area (Å²) >= 11 is 0. The summed E-state index contributed by atoms with van der Waals surface area (Å²) in [6, 6.07) is 7.77. The number of halogens is 3. The van der Waals surface area contributed by atoms with Crippen molar-refractivity contribution in [1.29, 1.82) is 0 Å². The van der Waals surface area contributed by atoms with Crippen molar-refractivity contribution in [2.45, 2.75) is 19.1 Å². The van der Waals surface area contributed by atoms with Gasteiger partial charge in [-0.1, -0.05) is 18.2 Å². The van der Waals surface area contributed by atoms with Gasteiger partial charge >= 0.3 is 6.18 Å².